The first-order valence-corrected chi connectivity index (χ1v) is 8.55. The molecule has 0 spiro atoms. The smallest absolute Gasteiger partial charge is 0.264 e. The standard InChI is InChI=1S/C16H16N6OS/c17-13-4-3-11-14(20-13)18-10-19-15(11)21-5-7-22(8-6-21)16(23)12-2-1-9-24-12/h1-4,9-10H,5-8H2,(H2,17,18,19,20). The van der Waals surface area contributed by atoms with Crippen LogP contribution < -0.4 is 10.6 Å². The van der Waals surface area contributed by atoms with E-state index in [1.165, 1.54) is 17.7 Å². The van der Waals surface area contributed by atoms with Gasteiger partial charge in [-0.2, -0.15) is 0 Å². The Bertz CT molecular complexity index is 873. The number of carbonyl (C=O) groups is 1. The molecular weight excluding hydrogens is 324 g/mol. The molecule has 1 aliphatic heterocycles. The van der Waals surface area contributed by atoms with E-state index >= 15 is 0 Å². The highest BCUT2D eigenvalue weighted by Crippen LogP contribution is 2.24. The van der Waals surface area contributed by atoms with Crippen molar-refractivity contribution < 1.29 is 4.79 Å². The third-order valence-electron chi connectivity index (χ3n) is 4.10. The van der Waals surface area contributed by atoms with Crippen LogP contribution in [-0.2, 0) is 0 Å². The lowest BCUT2D eigenvalue weighted by molar-refractivity contribution is 0.0751. The number of anilines is 2. The van der Waals surface area contributed by atoms with Crippen molar-refractivity contribution in [2.45, 2.75) is 0 Å². The molecule has 0 atom stereocenters. The second-order valence-electron chi connectivity index (χ2n) is 5.56. The summed E-state index contributed by atoms with van der Waals surface area (Å²) in [5, 5.41) is 2.81. The number of hydrogen-bond donors (Lipinski definition) is 1. The molecule has 1 aliphatic rings. The Morgan fingerprint density at radius 1 is 1.12 bits per heavy atom. The number of aromatic nitrogens is 3. The summed E-state index contributed by atoms with van der Waals surface area (Å²) in [5.74, 6) is 1.39. The van der Waals surface area contributed by atoms with Crippen molar-refractivity contribution in [3.8, 4) is 0 Å². The molecule has 1 amide bonds. The van der Waals surface area contributed by atoms with Gasteiger partial charge in [0.2, 0.25) is 0 Å². The van der Waals surface area contributed by atoms with Crippen LogP contribution in [0.2, 0.25) is 0 Å². The number of nitrogens with zero attached hydrogens (tertiary/aromatic N) is 5. The van der Waals surface area contributed by atoms with Crippen LogP contribution >= 0.6 is 11.3 Å². The fourth-order valence-corrected chi connectivity index (χ4v) is 3.56. The van der Waals surface area contributed by atoms with Crippen molar-refractivity contribution >= 4 is 39.9 Å². The first-order valence-electron chi connectivity index (χ1n) is 7.67. The zero-order valence-electron chi connectivity index (χ0n) is 12.9. The Labute approximate surface area is 142 Å². The zero-order chi connectivity index (χ0) is 16.5. The average molecular weight is 340 g/mol. The van der Waals surface area contributed by atoms with Crippen LogP contribution in [0.15, 0.2) is 36.0 Å². The van der Waals surface area contributed by atoms with Crippen LogP contribution in [0.3, 0.4) is 0 Å². The Morgan fingerprint density at radius 3 is 2.71 bits per heavy atom. The molecule has 0 unspecified atom stereocenters. The maximum Gasteiger partial charge on any atom is 0.264 e. The number of rotatable bonds is 2. The van der Waals surface area contributed by atoms with Crippen molar-refractivity contribution in [3.05, 3.63) is 40.8 Å². The molecule has 0 aromatic carbocycles. The third-order valence-corrected chi connectivity index (χ3v) is 4.95. The SMILES string of the molecule is Nc1ccc2c(N3CCN(C(=O)c4cccs4)CC3)ncnc2n1. The molecule has 1 fully saturated rings. The Hall–Kier alpha value is -2.74. The quantitative estimate of drug-likeness (QED) is 0.763. The predicted octanol–water partition coefficient (Wildman–Crippen LogP) is 1.63. The van der Waals surface area contributed by atoms with Crippen molar-refractivity contribution in [1.82, 2.24) is 19.9 Å². The second-order valence-corrected chi connectivity index (χ2v) is 6.51. The normalized spacial score (nSPS) is 15.0. The summed E-state index contributed by atoms with van der Waals surface area (Å²) in [6.45, 7) is 2.80. The largest absolute Gasteiger partial charge is 0.384 e. The lowest BCUT2D eigenvalue weighted by Crippen LogP contribution is -2.49. The van der Waals surface area contributed by atoms with E-state index in [0.717, 1.165) is 29.2 Å². The number of nitrogen functional groups attached to an aromatic ring is 1. The highest BCUT2D eigenvalue weighted by Gasteiger charge is 2.24. The van der Waals surface area contributed by atoms with E-state index in [9.17, 15) is 4.79 Å². The minimum atomic E-state index is 0.103. The van der Waals surface area contributed by atoms with Crippen LogP contribution in [0.5, 0.6) is 0 Å². The number of hydrogen-bond acceptors (Lipinski definition) is 7. The average Bonchev–Trinajstić information content (AvgIpc) is 3.15. The van der Waals surface area contributed by atoms with E-state index in [2.05, 4.69) is 19.9 Å². The molecule has 0 saturated carbocycles. The maximum atomic E-state index is 12.4. The van der Waals surface area contributed by atoms with E-state index in [-0.39, 0.29) is 5.91 Å². The van der Waals surface area contributed by atoms with Crippen molar-refractivity contribution in [3.63, 3.8) is 0 Å². The number of piperazine rings is 1. The lowest BCUT2D eigenvalue weighted by Gasteiger charge is -2.35. The molecule has 7 nitrogen and oxygen atoms in total. The second kappa shape index (κ2) is 6.04. The first-order chi connectivity index (χ1) is 11.7. The van der Waals surface area contributed by atoms with Gasteiger partial charge < -0.3 is 15.5 Å². The monoisotopic (exact) mass is 340 g/mol. The lowest BCUT2D eigenvalue weighted by atomic mass is 10.2. The molecule has 2 N–H and O–H groups in total. The molecule has 3 aromatic rings. The number of nitrogens with two attached hydrogens (primary N) is 1. The van der Waals surface area contributed by atoms with Gasteiger partial charge in [0.1, 0.15) is 18.0 Å². The highest BCUT2D eigenvalue weighted by molar-refractivity contribution is 7.12. The fourth-order valence-electron chi connectivity index (χ4n) is 2.87. The van der Waals surface area contributed by atoms with E-state index in [4.69, 9.17) is 5.73 Å². The number of thiophene rings is 1. The van der Waals surface area contributed by atoms with Gasteiger partial charge in [-0.05, 0) is 23.6 Å². The maximum absolute atomic E-state index is 12.4. The zero-order valence-corrected chi connectivity index (χ0v) is 13.7. The summed E-state index contributed by atoms with van der Waals surface area (Å²) in [7, 11) is 0. The molecule has 1 saturated heterocycles. The summed E-state index contributed by atoms with van der Waals surface area (Å²) in [6, 6.07) is 7.43. The Morgan fingerprint density at radius 2 is 1.96 bits per heavy atom. The van der Waals surface area contributed by atoms with Crippen LogP contribution in [0.1, 0.15) is 9.67 Å². The number of fused-ring (bicyclic) bond motifs is 1. The van der Waals surface area contributed by atoms with Gasteiger partial charge in [-0.15, -0.1) is 11.3 Å². The van der Waals surface area contributed by atoms with E-state index in [1.807, 2.05) is 28.5 Å². The van der Waals surface area contributed by atoms with Crippen LogP contribution in [-0.4, -0.2) is 51.9 Å². The molecule has 3 aromatic heterocycles. The summed E-state index contributed by atoms with van der Waals surface area (Å²) in [6.07, 6.45) is 1.51. The topological polar surface area (TPSA) is 88.2 Å². The summed E-state index contributed by atoms with van der Waals surface area (Å²) in [4.78, 5) is 30.1. The number of pyridine rings is 1. The van der Waals surface area contributed by atoms with Gasteiger partial charge in [-0.3, -0.25) is 4.79 Å². The molecule has 0 radical (unpaired) electrons. The molecule has 4 heterocycles. The third kappa shape index (κ3) is 2.65. The summed E-state index contributed by atoms with van der Waals surface area (Å²) >= 11 is 1.48. The van der Waals surface area contributed by atoms with Crippen molar-refractivity contribution in [2.24, 2.45) is 0 Å². The van der Waals surface area contributed by atoms with Gasteiger partial charge in [-0.25, -0.2) is 15.0 Å². The van der Waals surface area contributed by atoms with Gasteiger partial charge >= 0.3 is 0 Å². The van der Waals surface area contributed by atoms with Crippen molar-refractivity contribution in [2.75, 3.05) is 36.8 Å². The number of amides is 1. The Kier molecular flexibility index (Phi) is 3.73. The summed E-state index contributed by atoms with van der Waals surface area (Å²) in [5.41, 5.74) is 6.32. The minimum absolute atomic E-state index is 0.103. The summed E-state index contributed by atoms with van der Waals surface area (Å²) < 4.78 is 0. The molecule has 8 heteroatoms. The van der Waals surface area contributed by atoms with E-state index < -0.39 is 0 Å². The number of carbonyl (C=O) groups excluding carboxylic acids is 1. The molecule has 24 heavy (non-hydrogen) atoms. The van der Waals surface area contributed by atoms with Gasteiger partial charge in [0.25, 0.3) is 5.91 Å². The first kappa shape index (κ1) is 14.8. The van der Waals surface area contributed by atoms with Gasteiger partial charge in [-0.1, -0.05) is 6.07 Å². The van der Waals surface area contributed by atoms with Gasteiger partial charge in [0, 0.05) is 26.2 Å². The van der Waals surface area contributed by atoms with Crippen LogP contribution in [0.25, 0.3) is 11.0 Å². The van der Waals surface area contributed by atoms with E-state index in [0.29, 0.717) is 24.6 Å². The molecule has 4 rings (SSSR count). The Balaban J connectivity index is 1.53. The van der Waals surface area contributed by atoms with Crippen LogP contribution in [0.4, 0.5) is 11.6 Å². The molecule has 0 aliphatic carbocycles. The van der Waals surface area contributed by atoms with E-state index in [1.54, 1.807) is 6.07 Å². The predicted molar refractivity (Wildman–Crippen MR) is 94.2 cm³/mol. The van der Waals surface area contributed by atoms with Gasteiger partial charge in [0.05, 0.1) is 10.3 Å². The van der Waals surface area contributed by atoms with Crippen molar-refractivity contribution in [1.29, 1.82) is 0 Å². The highest BCUT2D eigenvalue weighted by atomic mass is 32.1. The fraction of sp³-hybridized carbons (Fsp3) is 0.250. The van der Waals surface area contributed by atoms with Gasteiger partial charge in [0.15, 0.2) is 5.65 Å². The van der Waals surface area contributed by atoms with Crippen LogP contribution in [0, 0.1) is 0 Å². The molecule has 0 bridgehead atoms. The molecule has 122 valence electrons. The molecular formula is C16H16N6OS. The minimum Gasteiger partial charge on any atom is -0.384 e.